The maximum absolute atomic E-state index is 12.3. The highest BCUT2D eigenvalue weighted by atomic mass is 16.2. The molecule has 0 spiro atoms. The summed E-state index contributed by atoms with van der Waals surface area (Å²) in [5.74, 6) is 1.20. The van der Waals surface area contributed by atoms with Crippen LogP contribution in [0.5, 0.6) is 0 Å². The zero-order valence-corrected chi connectivity index (χ0v) is 27.5. The van der Waals surface area contributed by atoms with Crippen LogP contribution in [0, 0.1) is 22.9 Å². The Labute approximate surface area is 289 Å². The molecule has 256 valence electrons. The summed E-state index contributed by atoms with van der Waals surface area (Å²) in [6, 6.07) is 14.0. The van der Waals surface area contributed by atoms with Crippen LogP contribution in [-0.4, -0.2) is 126 Å². The number of rotatable bonds is 6. The molecule has 16 nitrogen and oxygen atoms in total. The summed E-state index contributed by atoms with van der Waals surface area (Å²) in [7, 11) is 0. The first-order valence-corrected chi connectivity index (χ1v) is 16.8. The van der Waals surface area contributed by atoms with Crippen LogP contribution in [0.3, 0.4) is 0 Å². The van der Waals surface area contributed by atoms with Gasteiger partial charge in [-0.2, -0.15) is 20.7 Å². The maximum atomic E-state index is 12.3. The highest BCUT2D eigenvalue weighted by Gasteiger charge is 2.36. The maximum Gasteiger partial charge on any atom is 0.317 e. The van der Waals surface area contributed by atoms with Gasteiger partial charge in [0.05, 0.1) is 35.4 Å². The summed E-state index contributed by atoms with van der Waals surface area (Å²) >= 11 is 0. The first-order valence-electron chi connectivity index (χ1n) is 16.8. The van der Waals surface area contributed by atoms with Crippen LogP contribution in [0.4, 0.5) is 9.59 Å². The van der Waals surface area contributed by atoms with Crippen molar-refractivity contribution < 1.29 is 9.59 Å². The largest absolute Gasteiger partial charge is 0.333 e. The molecule has 4 fully saturated rings. The van der Waals surface area contributed by atoms with Crippen molar-refractivity contribution in [2.45, 2.75) is 36.8 Å². The summed E-state index contributed by atoms with van der Waals surface area (Å²) in [5.41, 5.74) is 3.00. The number of hydrogen-bond donors (Lipinski definition) is 2. The van der Waals surface area contributed by atoms with Gasteiger partial charge in [-0.1, -0.05) is 18.2 Å². The predicted octanol–water partition coefficient (Wildman–Crippen LogP) is 1.86. The predicted molar refractivity (Wildman–Crippen MR) is 180 cm³/mol. The van der Waals surface area contributed by atoms with E-state index in [0.29, 0.717) is 51.6 Å². The molecule has 4 saturated heterocycles. The average Bonchev–Trinajstić information content (AvgIpc) is 3.93. The van der Waals surface area contributed by atoms with Crippen LogP contribution in [-0.2, 0) is 0 Å². The molecule has 2 N–H and O–H groups in total. The van der Waals surface area contributed by atoms with E-state index in [9.17, 15) is 9.59 Å². The molecule has 16 heteroatoms. The van der Waals surface area contributed by atoms with Gasteiger partial charge in [0.1, 0.15) is 0 Å². The van der Waals surface area contributed by atoms with Crippen molar-refractivity contribution in [2.75, 3.05) is 52.4 Å². The van der Waals surface area contributed by atoms with Crippen molar-refractivity contribution in [3.63, 3.8) is 0 Å². The highest BCUT2D eigenvalue weighted by molar-refractivity contribution is 5.76. The third kappa shape index (κ3) is 7.29. The lowest BCUT2D eigenvalue weighted by Crippen LogP contribution is -2.54. The molecule has 50 heavy (non-hydrogen) atoms. The van der Waals surface area contributed by atoms with Crippen LogP contribution in [0.25, 0.3) is 11.5 Å². The van der Waals surface area contributed by atoms with Gasteiger partial charge in [-0.3, -0.25) is 4.98 Å². The summed E-state index contributed by atoms with van der Waals surface area (Å²) < 4.78 is 3.56. The van der Waals surface area contributed by atoms with Crippen molar-refractivity contribution in [1.29, 1.82) is 10.5 Å². The number of carbonyl (C=O) groups excluding carboxylic acids is 2. The van der Waals surface area contributed by atoms with Crippen molar-refractivity contribution in [3.8, 4) is 23.9 Å². The van der Waals surface area contributed by atoms with Crippen LogP contribution >= 0.6 is 0 Å². The Morgan fingerprint density at radius 3 is 1.74 bits per heavy atom. The summed E-state index contributed by atoms with van der Waals surface area (Å²) in [5, 5.41) is 32.9. The SMILES string of the molecule is N#CN1CC[C@@H](NC(=O)N2CC(c3ccn(-c4ccccc4)n3)C2)C1.N#CN1CC[C@@H](NC(=O)N2CC(c3ccn(-c4cnccn4)n3)C2)C1. The first kappa shape index (κ1) is 32.4. The van der Waals surface area contributed by atoms with Gasteiger partial charge in [0.2, 0.25) is 0 Å². The van der Waals surface area contributed by atoms with E-state index in [1.807, 2.05) is 59.5 Å². The zero-order chi connectivity index (χ0) is 34.5. The Hall–Kier alpha value is -6.16. The number of nitrogens with zero attached hydrogens (tertiary/aromatic N) is 12. The lowest BCUT2D eigenvalue weighted by Gasteiger charge is -2.38. The Morgan fingerprint density at radius 2 is 1.24 bits per heavy atom. The normalized spacial score (nSPS) is 20.2. The third-order valence-electron chi connectivity index (χ3n) is 9.51. The number of urea groups is 2. The molecule has 7 heterocycles. The minimum absolute atomic E-state index is 0.0384. The molecule has 1 aromatic carbocycles. The molecule has 3 aromatic heterocycles. The minimum atomic E-state index is -0.0607. The van der Waals surface area contributed by atoms with Gasteiger partial charge < -0.3 is 30.2 Å². The fourth-order valence-electron chi connectivity index (χ4n) is 6.51. The van der Waals surface area contributed by atoms with Gasteiger partial charge in [-0.25, -0.2) is 23.9 Å². The number of carbonyl (C=O) groups is 2. The number of hydrogen-bond acceptors (Lipinski definition) is 10. The second-order valence-electron chi connectivity index (χ2n) is 12.9. The molecular weight excluding hydrogens is 636 g/mol. The molecule has 4 aliphatic rings. The molecule has 8 rings (SSSR count). The number of para-hydroxylation sites is 1. The van der Waals surface area contributed by atoms with E-state index >= 15 is 0 Å². The Kier molecular flexibility index (Phi) is 9.41. The lowest BCUT2D eigenvalue weighted by atomic mass is 9.97. The number of amides is 4. The monoisotopic (exact) mass is 674 g/mol. The number of likely N-dealkylation sites (tertiary alicyclic amines) is 4. The molecular formula is C34H38N14O2. The molecule has 2 atom stereocenters. The van der Waals surface area contributed by atoms with E-state index in [4.69, 9.17) is 10.5 Å². The highest BCUT2D eigenvalue weighted by Crippen LogP contribution is 2.27. The third-order valence-corrected chi connectivity index (χ3v) is 9.51. The topological polar surface area (TPSA) is 180 Å². The summed E-state index contributed by atoms with van der Waals surface area (Å²) in [4.78, 5) is 39.7. The van der Waals surface area contributed by atoms with Crippen molar-refractivity contribution in [1.82, 2.24) is 59.8 Å². The van der Waals surface area contributed by atoms with E-state index in [2.05, 4.69) is 43.2 Å². The van der Waals surface area contributed by atoms with Gasteiger partial charge in [-0.15, -0.1) is 0 Å². The van der Waals surface area contributed by atoms with Crippen molar-refractivity contribution >= 4 is 12.1 Å². The molecule has 4 amide bonds. The van der Waals surface area contributed by atoms with Gasteiger partial charge >= 0.3 is 12.1 Å². The van der Waals surface area contributed by atoms with Gasteiger partial charge in [0, 0.05) is 89.0 Å². The smallest absolute Gasteiger partial charge is 0.317 e. The Morgan fingerprint density at radius 1 is 0.700 bits per heavy atom. The molecule has 4 aliphatic heterocycles. The van der Waals surface area contributed by atoms with E-state index in [1.54, 1.807) is 42.9 Å². The quantitative estimate of drug-likeness (QED) is 0.287. The Bertz CT molecular complexity index is 1720. The molecule has 0 unspecified atom stereocenters. The number of aromatic nitrogens is 6. The van der Waals surface area contributed by atoms with Crippen LogP contribution in [0.2, 0.25) is 0 Å². The van der Waals surface area contributed by atoms with Crippen LogP contribution in [0.1, 0.15) is 36.1 Å². The summed E-state index contributed by atoms with van der Waals surface area (Å²) in [6.45, 7) is 5.32. The van der Waals surface area contributed by atoms with Crippen molar-refractivity contribution in [2.24, 2.45) is 0 Å². The lowest BCUT2D eigenvalue weighted by molar-refractivity contribution is 0.146. The molecule has 0 saturated carbocycles. The summed E-state index contributed by atoms with van der Waals surface area (Å²) in [6.07, 6.45) is 14.6. The van der Waals surface area contributed by atoms with E-state index < -0.39 is 0 Å². The molecule has 0 radical (unpaired) electrons. The Balaban J connectivity index is 0.000000157. The number of nitriles is 2. The average molecular weight is 675 g/mol. The van der Waals surface area contributed by atoms with E-state index in [-0.39, 0.29) is 36.0 Å². The number of nitrogens with one attached hydrogen (secondary N) is 2. The fourth-order valence-corrected chi connectivity index (χ4v) is 6.51. The molecule has 0 bridgehead atoms. The second-order valence-corrected chi connectivity index (χ2v) is 12.9. The van der Waals surface area contributed by atoms with E-state index in [1.165, 1.54) is 0 Å². The second kappa shape index (κ2) is 14.5. The minimum Gasteiger partial charge on any atom is -0.333 e. The fraction of sp³-hybridized carbons (Fsp3) is 0.412. The number of benzene rings is 1. The van der Waals surface area contributed by atoms with Crippen molar-refractivity contribution in [3.05, 3.63) is 84.8 Å². The zero-order valence-electron chi connectivity index (χ0n) is 27.5. The van der Waals surface area contributed by atoms with Gasteiger partial charge in [-0.05, 0) is 37.1 Å². The van der Waals surface area contributed by atoms with Crippen LogP contribution < -0.4 is 10.6 Å². The molecule has 0 aliphatic carbocycles. The van der Waals surface area contributed by atoms with Crippen LogP contribution in [0.15, 0.2) is 73.4 Å². The standard InChI is InChI=1S/C18H20N6O.C16H18N8O/c19-13-22-8-6-15(12-22)20-18(25)23-10-14(11-23)17-7-9-24(21-17)16-4-2-1-3-5-16;17-11-22-5-1-13(10-22)20-16(25)23-8-12(9-23)14-2-6-24(21-14)15-7-18-3-4-19-15/h1-5,7,9,14-15H,6,8,10-12H2,(H,20,25);2-4,6-7,12-13H,1,5,8-10H2,(H,20,25)/t15-;13-/m11/s1. The van der Waals surface area contributed by atoms with E-state index in [0.717, 1.165) is 36.5 Å². The van der Waals surface area contributed by atoms with Gasteiger partial charge in [0.15, 0.2) is 18.2 Å². The molecule has 4 aromatic rings. The van der Waals surface area contributed by atoms with Gasteiger partial charge in [0.25, 0.3) is 0 Å². The first-order chi connectivity index (χ1) is 24.4.